The maximum absolute atomic E-state index is 10.5. The molecule has 0 saturated carbocycles. The van der Waals surface area contributed by atoms with Crippen LogP contribution < -0.4 is 9.47 Å². The number of para-hydroxylation sites is 1. The predicted molar refractivity (Wildman–Crippen MR) is 82.4 cm³/mol. The van der Waals surface area contributed by atoms with Gasteiger partial charge in [-0.3, -0.25) is 0 Å². The summed E-state index contributed by atoms with van der Waals surface area (Å²) >= 11 is 3.42. The second kappa shape index (κ2) is 6.77. The Balaban J connectivity index is 2.28. The largest absolute Gasteiger partial charge is 0.496 e. The van der Waals surface area contributed by atoms with E-state index in [1.54, 1.807) is 14.2 Å². The predicted octanol–water partition coefficient (Wildman–Crippen LogP) is 3.74. The zero-order valence-corrected chi connectivity index (χ0v) is 13.1. The number of hydrogen-bond acceptors (Lipinski definition) is 3. The van der Waals surface area contributed by atoms with Crippen molar-refractivity contribution in [3.63, 3.8) is 0 Å². The SMILES string of the molecule is COc1ccccc1CC(O)c1cc(Br)ccc1OC. The Hall–Kier alpha value is -1.52. The molecule has 0 spiro atoms. The van der Waals surface area contributed by atoms with Crippen LogP contribution in [0.3, 0.4) is 0 Å². The van der Waals surface area contributed by atoms with Gasteiger partial charge < -0.3 is 14.6 Å². The summed E-state index contributed by atoms with van der Waals surface area (Å²) in [5.74, 6) is 1.45. The molecule has 2 rings (SSSR count). The topological polar surface area (TPSA) is 38.7 Å². The molecule has 0 amide bonds. The van der Waals surface area contributed by atoms with Gasteiger partial charge in [-0.15, -0.1) is 0 Å². The van der Waals surface area contributed by atoms with Gasteiger partial charge in [-0.05, 0) is 29.8 Å². The molecule has 0 aromatic heterocycles. The van der Waals surface area contributed by atoms with E-state index in [0.717, 1.165) is 21.3 Å². The van der Waals surface area contributed by atoms with Gasteiger partial charge in [-0.2, -0.15) is 0 Å². The minimum Gasteiger partial charge on any atom is -0.496 e. The molecule has 1 atom stereocenters. The van der Waals surface area contributed by atoms with E-state index >= 15 is 0 Å². The van der Waals surface area contributed by atoms with Crippen molar-refractivity contribution in [3.05, 3.63) is 58.1 Å². The smallest absolute Gasteiger partial charge is 0.124 e. The Morgan fingerprint density at radius 3 is 2.45 bits per heavy atom. The van der Waals surface area contributed by atoms with E-state index in [1.165, 1.54) is 0 Å². The summed E-state index contributed by atoms with van der Waals surface area (Å²) in [4.78, 5) is 0. The van der Waals surface area contributed by atoms with Gasteiger partial charge in [0.1, 0.15) is 11.5 Å². The van der Waals surface area contributed by atoms with E-state index < -0.39 is 6.10 Å². The van der Waals surface area contributed by atoms with Crippen LogP contribution in [0, 0.1) is 0 Å². The number of benzene rings is 2. The highest BCUT2D eigenvalue weighted by atomic mass is 79.9. The van der Waals surface area contributed by atoms with E-state index in [4.69, 9.17) is 9.47 Å². The van der Waals surface area contributed by atoms with Crippen molar-refractivity contribution in [1.82, 2.24) is 0 Å². The molecule has 0 aliphatic rings. The number of ether oxygens (including phenoxy) is 2. The molecule has 0 aliphatic heterocycles. The van der Waals surface area contributed by atoms with Crippen molar-refractivity contribution in [3.8, 4) is 11.5 Å². The summed E-state index contributed by atoms with van der Waals surface area (Å²) in [5.41, 5.74) is 1.72. The van der Waals surface area contributed by atoms with Crippen molar-refractivity contribution in [1.29, 1.82) is 0 Å². The average Bonchev–Trinajstić information content (AvgIpc) is 2.47. The Labute approximate surface area is 127 Å². The lowest BCUT2D eigenvalue weighted by Gasteiger charge is -2.16. The Morgan fingerprint density at radius 1 is 1.05 bits per heavy atom. The molecule has 1 N–H and O–H groups in total. The molecule has 2 aromatic rings. The van der Waals surface area contributed by atoms with Gasteiger partial charge in [-0.25, -0.2) is 0 Å². The lowest BCUT2D eigenvalue weighted by molar-refractivity contribution is 0.173. The van der Waals surface area contributed by atoms with Crippen LogP contribution in [0.25, 0.3) is 0 Å². The molecule has 20 heavy (non-hydrogen) atoms. The van der Waals surface area contributed by atoms with Gasteiger partial charge >= 0.3 is 0 Å². The van der Waals surface area contributed by atoms with Gasteiger partial charge in [0.15, 0.2) is 0 Å². The summed E-state index contributed by atoms with van der Waals surface area (Å²) in [6, 6.07) is 13.3. The van der Waals surface area contributed by atoms with Crippen molar-refractivity contribution in [2.24, 2.45) is 0 Å². The number of hydrogen-bond donors (Lipinski definition) is 1. The average molecular weight is 337 g/mol. The molecular weight excluding hydrogens is 320 g/mol. The highest BCUT2D eigenvalue weighted by molar-refractivity contribution is 9.10. The van der Waals surface area contributed by atoms with Crippen LogP contribution in [0.5, 0.6) is 11.5 Å². The maximum atomic E-state index is 10.5. The quantitative estimate of drug-likeness (QED) is 0.903. The monoisotopic (exact) mass is 336 g/mol. The first kappa shape index (κ1) is 14.9. The van der Waals surface area contributed by atoms with Gasteiger partial charge in [0.05, 0.1) is 20.3 Å². The third-order valence-electron chi connectivity index (χ3n) is 3.16. The van der Waals surface area contributed by atoms with Crippen molar-refractivity contribution < 1.29 is 14.6 Å². The van der Waals surface area contributed by atoms with Crippen molar-refractivity contribution in [2.45, 2.75) is 12.5 Å². The summed E-state index contributed by atoms with van der Waals surface area (Å²) < 4.78 is 11.5. The highest BCUT2D eigenvalue weighted by Gasteiger charge is 2.16. The normalized spacial score (nSPS) is 12.0. The molecule has 0 radical (unpaired) electrons. The zero-order chi connectivity index (χ0) is 14.5. The van der Waals surface area contributed by atoms with Crippen LogP contribution in [0.4, 0.5) is 0 Å². The van der Waals surface area contributed by atoms with E-state index in [-0.39, 0.29) is 0 Å². The Kier molecular flexibility index (Phi) is 5.04. The molecule has 3 nitrogen and oxygen atoms in total. The second-order valence-electron chi connectivity index (χ2n) is 4.42. The lowest BCUT2D eigenvalue weighted by Crippen LogP contribution is -2.05. The first-order valence-electron chi connectivity index (χ1n) is 6.29. The van der Waals surface area contributed by atoms with Gasteiger partial charge in [-0.1, -0.05) is 34.1 Å². The number of methoxy groups -OCH3 is 2. The zero-order valence-electron chi connectivity index (χ0n) is 11.5. The van der Waals surface area contributed by atoms with Gasteiger partial charge in [0.25, 0.3) is 0 Å². The van der Waals surface area contributed by atoms with Gasteiger partial charge in [0, 0.05) is 16.5 Å². The minimum atomic E-state index is -0.654. The van der Waals surface area contributed by atoms with Crippen LogP contribution >= 0.6 is 15.9 Å². The van der Waals surface area contributed by atoms with Crippen LogP contribution in [-0.2, 0) is 6.42 Å². The molecule has 0 saturated heterocycles. The summed E-state index contributed by atoms with van der Waals surface area (Å²) in [5, 5.41) is 10.5. The van der Waals surface area contributed by atoms with Crippen LogP contribution in [0.1, 0.15) is 17.2 Å². The van der Waals surface area contributed by atoms with Crippen LogP contribution in [-0.4, -0.2) is 19.3 Å². The lowest BCUT2D eigenvalue weighted by atomic mass is 10.00. The third kappa shape index (κ3) is 3.32. The first-order chi connectivity index (χ1) is 9.65. The molecule has 0 bridgehead atoms. The van der Waals surface area contributed by atoms with E-state index in [0.29, 0.717) is 12.2 Å². The number of aliphatic hydroxyl groups excluding tert-OH is 1. The fourth-order valence-corrected chi connectivity index (χ4v) is 2.53. The standard InChI is InChI=1S/C16H17BrO3/c1-19-15-6-4-3-5-11(15)9-14(18)13-10-12(17)7-8-16(13)20-2/h3-8,10,14,18H,9H2,1-2H3. The van der Waals surface area contributed by atoms with E-state index in [2.05, 4.69) is 15.9 Å². The fraction of sp³-hybridized carbons (Fsp3) is 0.250. The van der Waals surface area contributed by atoms with Gasteiger partial charge in [0.2, 0.25) is 0 Å². The molecule has 0 fully saturated rings. The van der Waals surface area contributed by atoms with Crippen LogP contribution in [0.2, 0.25) is 0 Å². The van der Waals surface area contributed by atoms with E-state index in [1.807, 2.05) is 42.5 Å². The number of rotatable bonds is 5. The Bertz CT molecular complexity index is 584. The number of aliphatic hydroxyl groups is 1. The summed E-state index contributed by atoms with van der Waals surface area (Å²) in [6.07, 6.45) is -0.185. The molecular formula is C16H17BrO3. The summed E-state index contributed by atoms with van der Waals surface area (Å²) in [7, 11) is 3.23. The minimum absolute atomic E-state index is 0.469. The number of halogens is 1. The molecule has 106 valence electrons. The van der Waals surface area contributed by atoms with Crippen molar-refractivity contribution in [2.75, 3.05) is 14.2 Å². The molecule has 0 aliphatic carbocycles. The molecule has 1 unspecified atom stereocenters. The van der Waals surface area contributed by atoms with E-state index in [9.17, 15) is 5.11 Å². The maximum Gasteiger partial charge on any atom is 0.124 e. The van der Waals surface area contributed by atoms with Crippen molar-refractivity contribution >= 4 is 15.9 Å². The summed E-state index contributed by atoms with van der Waals surface area (Å²) in [6.45, 7) is 0. The van der Waals surface area contributed by atoms with Crippen LogP contribution in [0.15, 0.2) is 46.9 Å². The Morgan fingerprint density at radius 2 is 1.75 bits per heavy atom. The first-order valence-corrected chi connectivity index (χ1v) is 7.08. The molecule has 0 heterocycles. The second-order valence-corrected chi connectivity index (χ2v) is 5.33. The fourth-order valence-electron chi connectivity index (χ4n) is 2.16. The molecule has 4 heteroatoms. The third-order valence-corrected chi connectivity index (χ3v) is 3.65. The highest BCUT2D eigenvalue weighted by Crippen LogP contribution is 2.32. The molecule has 2 aromatic carbocycles.